The number of hydrogen-bond acceptors (Lipinski definition) is 3. The molecule has 0 spiro atoms. The summed E-state index contributed by atoms with van der Waals surface area (Å²) in [5.41, 5.74) is 0.297. The smallest absolute Gasteiger partial charge is 0.258 e. The van der Waals surface area contributed by atoms with Crippen LogP contribution < -0.4 is 0 Å². The largest absolute Gasteiger partial charge is 0.278 e. The van der Waals surface area contributed by atoms with Gasteiger partial charge in [0.05, 0.1) is 15.8 Å². The molecule has 0 aliphatic carbocycles. The van der Waals surface area contributed by atoms with E-state index >= 15 is 0 Å². The zero-order valence-electron chi connectivity index (χ0n) is 7.28. The Kier molecular flexibility index (Phi) is 2.51. The van der Waals surface area contributed by atoms with Crippen LogP contribution in [0.4, 0.5) is 10.1 Å². The first-order valence-electron chi connectivity index (χ1n) is 3.99. The lowest BCUT2D eigenvalue weighted by molar-refractivity contribution is -0.383. The van der Waals surface area contributed by atoms with Crippen molar-refractivity contribution in [3.8, 4) is 0 Å². The molecule has 0 aliphatic rings. The normalized spacial score (nSPS) is 10.5. The van der Waals surface area contributed by atoms with E-state index < -0.39 is 10.7 Å². The molecule has 0 bridgehead atoms. The van der Waals surface area contributed by atoms with Crippen LogP contribution >= 0.6 is 22.6 Å². The van der Waals surface area contributed by atoms with Gasteiger partial charge in [0.1, 0.15) is 3.70 Å². The molecule has 0 fully saturated rings. The molecule has 0 radical (unpaired) electrons. The third-order valence-corrected chi connectivity index (χ3v) is 2.70. The Balaban J connectivity index is 2.86. The highest BCUT2D eigenvalue weighted by Crippen LogP contribution is 2.25. The van der Waals surface area contributed by atoms with E-state index in [0.717, 1.165) is 6.07 Å². The molecular formula is C9H4FIN2O2. The van der Waals surface area contributed by atoms with Crippen LogP contribution in [-0.4, -0.2) is 9.91 Å². The number of rotatable bonds is 1. The zero-order chi connectivity index (χ0) is 11.0. The van der Waals surface area contributed by atoms with Crippen molar-refractivity contribution in [2.45, 2.75) is 0 Å². The molecular weight excluding hydrogens is 314 g/mol. The minimum Gasteiger partial charge on any atom is -0.258 e. The molecule has 76 valence electrons. The Morgan fingerprint density at radius 2 is 2.20 bits per heavy atom. The molecule has 2 aromatic rings. The molecule has 6 heteroatoms. The summed E-state index contributed by atoms with van der Waals surface area (Å²) in [5, 5.41) is 10.9. The first-order valence-corrected chi connectivity index (χ1v) is 5.06. The van der Waals surface area contributed by atoms with Crippen molar-refractivity contribution in [3.05, 3.63) is 43.9 Å². The number of fused-ring (bicyclic) bond motifs is 1. The number of pyridine rings is 1. The van der Waals surface area contributed by atoms with E-state index in [0.29, 0.717) is 5.52 Å². The van der Waals surface area contributed by atoms with Gasteiger partial charge in [-0.05, 0) is 34.7 Å². The van der Waals surface area contributed by atoms with Crippen LogP contribution in [0.25, 0.3) is 10.9 Å². The summed E-state index contributed by atoms with van der Waals surface area (Å²) < 4.78 is 13.4. The van der Waals surface area contributed by atoms with Gasteiger partial charge in [0.15, 0.2) is 5.82 Å². The first kappa shape index (κ1) is 10.2. The Morgan fingerprint density at radius 1 is 1.47 bits per heavy atom. The maximum Gasteiger partial charge on any atom is 0.278 e. The van der Waals surface area contributed by atoms with Crippen LogP contribution in [0, 0.1) is 19.6 Å². The van der Waals surface area contributed by atoms with Crippen molar-refractivity contribution in [3.63, 3.8) is 0 Å². The van der Waals surface area contributed by atoms with E-state index in [1.54, 1.807) is 28.7 Å². The number of hydrogen-bond donors (Lipinski definition) is 0. The molecule has 0 amide bonds. The minimum atomic E-state index is -0.545. The van der Waals surface area contributed by atoms with Gasteiger partial charge in [0.2, 0.25) is 0 Å². The second-order valence-electron chi connectivity index (χ2n) is 2.86. The van der Waals surface area contributed by atoms with Crippen LogP contribution in [0.3, 0.4) is 0 Å². The summed E-state index contributed by atoms with van der Waals surface area (Å²) in [4.78, 5) is 14.0. The lowest BCUT2D eigenvalue weighted by Gasteiger charge is -2.00. The molecule has 1 aromatic carbocycles. The maximum atomic E-state index is 13.2. The van der Waals surface area contributed by atoms with Gasteiger partial charge in [0.25, 0.3) is 5.69 Å². The van der Waals surface area contributed by atoms with Gasteiger partial charge in [-0.3, -0.25) is 10.1 Å². The highest BCUT2D eigenvalue weighted by atomic mass is 127. The predicted molar refractivity (Wildman–Crippen MR) is 61.1 cm³/mol. The van der Waals surface area contributed by atoms with Gasteiger partial charge in [-0.15, -0.1) is 0 Å². The average Bonchev–Trinajstić information content (AvgIpc) is 2.18. The number of non-ortho nitro benzene ring substituents is 1. The number of benzene rings is 1. The van der Waals surface area contributed by atoms with Gasteiger partial charge in [-0.25, -0.2) is 9.37 Å². The standard InChI is InChI=1S/C9H4FIN2O2/c10-6-4-5-7(12-9(6)11)2-1-3-8(5)13(14)15/h1-4H. The molecule has 0 saturated heterocycles. The van der Waals surface area contributed by atoms with E-state index in [1.807, 2.05) is 0 Å². The van der Waals surface area contributed by atoms with E-state index in [2.05, 4.69) is 4.98 Å². The fraction of sp³-hybridized carbons (Fsp3) is 0. The van der Waals surface area contributed by atoms with Crippen LogP contribution in [0.15, 0.2) is 24.3 Å². The Hall–Kier alpha value is -1.31. The lowest BCUT2D eigenvalue weighted by atomic mass is 10.2. The van der Waals surface area contributed by atoms with Gasteiger partial charge in [-0.1, -0.05) is 6.07 Å². The average molecular weight is 318 g/mol. The van der Waals surface area contributed by atoms with Crippen LogP contribution in [0.1, 0.15) is 0 Å². The van der Waals surface area contributed by atoms with E-state index in [1.165, 1.54) is 12.1 Å². The molecule has 1 aromatic heterocycles. The highest BCUT2D eigenvalue weighted by molar-refractivity contribution is 14.1. The van der Waals surface area contributed by atoms with Crippen molar-refractivity contribution in [2.24, 2.45) is 0 Å². The third kappa shape index (κ3) is 1.76. The monoisotopic (exact) mass is 318 g/mol. The summed E-state index contributed by atoms with van der Waals surface area (Å²) in [5.74, 6) is -0.544. The van der Waals surface area contributed by atoms with Crippen molar-refractivity contribution in [2.75, 3.05) is 0 Å². The maximum absolute atomic E-state index is 13.2. The van der Waals surface area contributed by atoms with E-state index in [9.17, 15) is 14.5 Å². The number of halogens is 2. The van der Waals surface area contributed by atoms with Gasteiger partial charge in [0, 0.05) is 6.07 Å². The van der Waals surface area contributed by atoms with Crippen LogP contribution in [0.2, 0.25) is 0 Å². The lowest BCUT2D eigenvalue weighted by Crippen LogP contribution is -1.94. The Labute approximate surface area is 97.4 Å². The number of aromatic nitrogens is 1. The Bertz CT molecular complexity index is 559. The van der Waals surface area contributed by atoms with Crippen LogP contribution in [-0.2, 0) is 0 Å². The molecule has 2 rings (SSSR count). The summed E-state index contributed by atoms with van der Waals surface area (Å²) >= 11 is 1.75. The molecule has 0 atom stereocenters. The zero-order valence-corrected chi connectivity index (χ0v) is 9.43. The molecule has 0 N–H and O–H groups in total. The van der Waals surface area contributed by atoms with Gasteiger partial charge < -0.3 is 0 Å². The van der Waals surface area contributed by atoms with E-state index in [4.69, 9.17) is 0 Å². The molecule has 1 heterocycles. The van der Waals surface area contributed by atoms with Crippen molar-refractivity contribution >= 4 is 39.2 Å². The molecule has 15 heavy (non-hydrogen) atoms. The Morgan fingerprint density at radius 3 is 2.87 bits per heavy atom. The SMILES string of the molecule is O=[N+]([O-])c1cccc2nc(I)c(F)cc12. The van der Waals surface area contributed by atoms with E-state index in [-0.39, 0.29) is 14.8 Å². The molecule has 0 saturated carbocycles. The fourth-order valence-corrected chi connectivity index (χ4v) is 1.71. The first-order chi connectivity index (χ1) is 7.09. The second-order valence-corrected chi connectivity index (χ2v) is 3.88. The second kappa shape index (κ2) is 3.69. The molecule has 4 nitrogen and oxygen atoms in total. The number of nitro benzene ring substituents is 1. The third-order valence-electron chi connectivity index (χ3n) is 1.94. The summed E-state index contributed by atoms with van der Waals surface area (Å²) in [6.45, 7) is 0. The van der Waals surface area contributed by atoms with Gasteiger partial charge in [-0.2, -0.15) is 0 Å². The number of nitrogens with zero attached hydrogens (tertiary/aromatic N) is 2. The number of nitro groups is 1. The fourth-order valence-electron chi connectivity index (χ4n) is 1.29. The summed E-state index contributed by atoms with van der Waals surface area (Å²) in [6, 6.07) is 5.62. The van der Waals surface area contributed by atoms with Crippen LogP contribution in [0.5, 0.6) is 0 Å². The quantitative estimate of drug-likeness (QED) is 0.352. The van der Waals surface area contributed by atoms with Crippen molar-refractivity contribution in [1.82, 2.24) is 4.98 Å². The van der Waals surface area contributed by atoms with Crippen molar-refractivity contribution < 1.29 is 9.31 Å². The minimum absolute atomic E-state index is 0.129. The molecule has 0 unspecified atom stereocenters. The van der Waals surface area contributed by atoms with Gasteiger partial charge >= 0.3 is 0 Å². The topological polar surface area (TPSA) is 56.0 Å². The highest BCUT2D eigenvalue weighted by Gasteiger charge is 2.14. The summed E-state index contributed by atoms with van der Waals surface area (Å²) in [6.07, 6.45) is 0. The van der Waals surface area contributed by atoms with Crippen molar-refractivity contribution in [1.29, 1.82) is 0 Å². The summed E-state index contributed by atoms with van der Waals surface area (Å²) in [7, 11) is 0. The predicted octanol–water partition coefficient (Wildman–Crippen LogP) is 2.89. The molecule has 0 aliphatic heterocycles.